The lowest BCUT2D eigenvalue weighted by atomic mass is 10.1. The third-order valence-electron chi connectivity index (χ3n) is 3.59. The summed E-state index contributed by atoms with van der Waals surface area (Å²) in [6.45, 7) is 3.45. The zero-order valence-corrected chi connectivity index (χ0v) is 15.3. The second-order valence-corrected chi connectivity index (χ2v) is 6.46. The average Bonchev–Trinajstić information content (AvgIpc) is 2.60. The Morgan fingerprint density at radius 3 is 2.73 bits per heavy atom. The molecule has 0 unspecified atom stereocenters. The minimum absolute atomic E-state index is 0.00479. The number of rotatable bonds is 6. The number of carbonyl (C=O) groups excluding carboxylic acids is 1. The Morgan fingerprint density at radius 2 is 2.08 bits per heavy atom. The van der Waals surface area contributed by atoms with Crippen LogP contribution in [0, 0.1) is 36.8 Å². The number of hydrogen-bond acceptors (Lipinski definition) is 5. The van der Waals surface area contributed by atoms with Crippen molar-refractivity contribution < 1.29 is 18.3 Å². The lowest BCUT2D eigenvalue weighted by molar-refractivity contribution is -0.118. The number of methoxy groups -OCH3 is 1. The lowest BCUT2D eigenvalue weighted by Crippen LogP contribution is -2.25. The van der Waals surface area contributed by atoms with E-state index in [0.29, 0.717) is 10.6 Å². The Bertz CT molecular complexity index is 882. The molecule has 1 amide bonds. The summed E-state index contributed by atoms with van der Waals surface area (Å²) >= 11 is 1.12. The van der Waals surface area contributed by atoms with Crippen LogP contribution in [0.15, 0.2) is 23.2 Å². The number of ether oxygens (including phenoxy) is 1. The number of pyridine rings is 1. The Kier molecular flexibility index (Phi) is 6.52. The van der Waals surface area contributed by atoms with E-state index in [4.69, 9.17) is 4.74 Å². The van der Waals surface area contributed by atoms with Crippen LogP contribution in [0.3, 0.4) is 0 Å². The van der Waals surface area contributed by atoms with Gasteiger partial charge in [0.15, 0.2) is 11.6 Å². The molecule has 1 aromatic carbocycles. The molecule has 0 aliphatic carbocycles. The van der Waals surface area contributed by atoms with Gasteiger partial charge in [0.05, 0.1) is 18.4 Å². The minimum Gasteiger partial charge on any atom is -0.494 e. The van der Waals surface area contributed by atoms with Gasteiger partial charge in [0.2, 0.25) is 11.7 Å². The molecule has 0 spiro atoms. The first-order valence-corrected chi connectivity index (χ1v) is 8.64. The molecular formula is C18H17F2N3O2S. The van der Waals surface area contributed by atoms with Crippen molar-refractivity contribution in [2.75, 3.05) is 12.9 Å². The van der Waals surface area contributed by atoms with Crippen LogP contribution in [0.4, 0.5) is 8.78 Å². The summed E-state index contributed by atoms with van der Waals surface area (Å²) in [5.41, 5.74) is 1.99. The molecule has 0 radical (unpaired) electrons. The van der Waals surface area contributed by atoms with Gasteiger partial charge >= 0.3 is 0 Å². The highest BCUT2D eigenvalue weighted by molar-refractivity contribution is 8.00. The number of halogens is 2. The summed E-state index contributed by atoms with van der Waals surface area (Å²) in [5, 5.41) is 12.2. The van der Waals surface area contributed by atoms with Gasteiger partial charge in [-0.2, -0.15) is 9.65 Å². The summed E-state index contributed by atoms with van der Waals surface area (Å²) in [6.07, 6.45) is 0. The number of nitrogens with one attached hydrogen (secondary N) is 1. The van der Waals surface area contributed by atoms with Crippen LogP contribution in [-0.2, 0) is 11.3 Å². The fourth-order valence-corrected chi connectivity index (χ4v) is 3.22. The molecule has 0 aliphatic rings. The highest BCUT2D eigenvalue weighted by Crippen LogP contribution is 2.24. The van der Waals surface area contributed by atoms with E-state index in [1.54, 1.807) is 19.9 Å². The van der Waals surface area contributed by atoms with Gasteiger partial charge in [-0.15, -0.1) is 0 Å². The predicted octanol–water partition coefficient (Wildman–Crippen LogP) is 3.27. The number of benzene rings is 1. The van der Waals surface area contributed by atoms with E-state index in [-0.39, 0.29) is 29.5 Å². The highest BCUT2D eigenvalue weighted by Gasteiger charge is 2.15. The van der Waals surface area contributed by atoms with Gasteiger partial charge in [-0.1, -0.05) is 17.8 Å². The van der Waals surface area contributed by atoms with Gasteiger partial charge in [0, 0.05) is 17.8 Å². The van der Waals surface area contributed by atoms with Crippen LogP contribution in [0.2, 0.25) is 0 Å². The predicted molar refractivity (Wildman–Crippen MR) is 93.9 cm³/mol. The molecule has 0 fully saturated rings. The van der Waals surface area contributed by atoms with Crippen molar-refractivity contribution in [2.24, 2.45) is 0 Å². The SMILES string of the molecule is COc1ccc(CNC(=O)CSc2nc(C)cc(C)c2C#N)c(F)c1F. The van der Waals surface area contributed by atoms with Crippen molar-refractivity contribution in [1.82, 2.24) is 10.3 Å². The average molecular weight is 377 g/mol. The standard InChI is InChI=1S/C18H17F2N3O2S/c1-10-6-11(2)23-18(13(10)7-21)26-9-15(24)22-8-12-4-5-14(25-3)17(20)16(12)19/h4-6H,8-9H2,1-3H3,(H,22,24). The van der Waals surface area contributed by atoms with Gasteiger partial charge in [-0.05, 0) is 31.5 Å². The second kappa shape index (κ2) is 8.63. The third kappa shape index (κ3) is 4.49. The maximum atomic E-state index is 13.9. The van der Waals surface area contributed by atoms with Crippen LogP contribution in [0.25, 0.3) is 0 Å². The fraction of sp³-hybridized carbons (Fsp3) is 0.278. The van der Waals surface area contributed by atoms with Crippen LogP contribution >= 0.6 is 11.8 Å². The van der Waals surface area contributed by atoms with Crippen molar-refractivity contribution >= 4 is 17.7 Å². The smallest absolute Gasteiger partial charge is 0.230 e. The Labute approximate surface area is 154 Å². The van der Waals surface area contributed by atoms with E-state index >= 15 is 0 Å². The van der Waals surface area contributed by atoms with E-state index in [1.165, 1.54) is 19.2 Å². The maximum Gasteiger partial charge on any atom is 0.230 e. The molecule has 0 aliphatic heterocycles. The fourth-order valence-electron chi connectivity index (χ4n) is 2.29. The molecule has 0 bridgehead atoms. The quantitative estimate of drug-likeness (QED) is 0.782. The van der Waals surface area contributed by atoms with E-state index in [0.717, 1.165) is 23.0 Å². The Hall–Kier alpha value is -2.66. The molecule has 1 aromatic heterocycles. The molecule has 5 nitrogen and oxygen atoms in total. The minimum atomic E-state index is -1.09. The van der Waals surface area contributed by atoms with Crippen LogP contribution in [-0.4, -0.2) is 23.8 Å². The van der Waals surface area contributed by atoms with E-state index in [1.807, 2.05) is 0 Å². The zero-order valence-electron chi connectivity index (χ0n) is 14.5. The molecule has 2 aromatic rings. The summed E-state index contributed by atoms with van der Waals surface area (Å²) in [7, 11) is 1.24. The summed E-state index contributed by atoms with van der Waals surface area (Å²) in [4.78, 5) is 16.3. The molecule has 0 atom stereocenters. The van der Waals surface area contributed by atoms with Crippen molar-refractivity contribution in [2.45, 2.75) is 25.4 Å². The number of nitriles is 1. The zero-order chi connectivity index (χ0) is 19.3. The number of hydrogen-bond donors (Lipinski definition) is 1. The van der Waals surface area contributed by atoms with Crippen LogP contribution in [0.1, 0.15) is 22.4 Å². The first kappa shape index (κ1) is 19.7. The van der Waals surface area contributed by atoms with Crippen LogP contribution < -0.4 is 10.1 Å². The highest BCUT2D eigenvalue weighted by atomic mass is 32.2. The topological polar surface area (TPSA) is 75.0 Å². The van der Waals surface area contributed by atoms with Crippen molar-refractivity contribution in [1.29, 1.82) is 5.26 Å². The number of thioether (sulfide) groups is 1. The third-order valence-corrected chi connectivity index (χ3v) is 4.56. The van der Waals surface area contributed by atoms with Gasteiger partial charge in [-0.3, -0.25) is 4.79 Å². The van der Waals surface area contributed by atoms with Gasteiger partial charge in [0.1, 0.15) is 11.1 Å². The van der Waals surface area contributed by atoms with E-state index < -0.39 is 11.6 Å². The first-order chi connectivity index (χ1) is 12.4. The molecule has 1 heterocycles. The van der Waals surface area contributed by atoms with E-state index in [2.05, 4.69) is 16.4 Å². The van der Waals surface area contributed by atoms with Gasteiger partial charge in [0.25, 0.3) is 0 Å². The maximum absolute atomic E-state index is 13.9. The molecule has 0 saturated heterocycles. The largest absolute Gasteiger partial charge is 0.494 e. The number of aryl methyl sites for hydroxylation is 2. The summed E-state index contributed by atoms with van der Waals surface area (Å²) in [5.74, 6) is -2.72. The Morgan fingerprint density at radius 1 is 1.35 bits per heavy atom. The monoisotopic (exact) mass is 377 g/mol. The number of aromatic nitrogens is 1. The molecule has 2 rings (SSSR count). The second-order valence-electron chi connectivity index (χ2n) is 5.49. The molecule has 136 valence electrons. The molecule has 8 heteroatoms. The van der Waals surface area contributed by atoms with Crippen LogP contribution in [0.5, 0.6) is 5.75 Å². The van der Waals surface area contributed by atoms with Gasteiger partial charge < -0.3 is 10.1 Å². The van der Waals surface area contributed by atoms with E-state index in [9.17, 15) is 18.8 Å². The van der Waals surface area contributed by atoms with Crippen molar-refractivity contribution in [3.05, 3.63) is 52.2 Å². The summed E-state index contributed by atoms with van der Waals surface area (Å²) < 4.78 is 32.2. The number of carbonyl (C=O) groups is 1. The lowest BCUT2D eigenvalue weighted by Gasteiger charge is -2.10. The van der Waals surface area contributed by atoms with Crippen molar-refractivity contribution in [3.8, 4) is 11.8 Å². The van der Waals surface area contributed by atoms with Crippen molar-refractivity contribution in [3.63, 3.8) is 0 Å². The number of amides is 1. The van der Waals surface area contributed by atoms with Gasteiger partial charge in [-0.25, -0.2) is 9.37 Å². The number of nitrogens with zero attached hydrogens (tertiary/aromatic N) is 2. The molecular weight excluding hydrogens is 360 g/mol. The normalized spacial score (nSPS) is 10.3. The Balaban J connectivity index is 1.99. The molecule has 0 saturated carbocycles. The molecule has 1 N–H and O–H groups in total. The molecule has 26 heavy (non-hydrogen) atoms. The first-order valence-electron chi connectivity index (χ1n) is 7.66. The summed E-state index contributed by atoms with van der Waals surface area (Å²) in [6, 6.07) is 6.52.